The van der Waals surface area contributed by atoms with Crippen LogP contribution in [-0.4, -0.2) is 17.7 Å². The van der Waals surface area contributed by atoms with Crippen molar-refractivity contribution in [3.8, 4) is 0 Å². The Balaban J connectivity index is 2.50. The van der Waals surface area contributed by atoms with Crippen molar-refractivity contribution in [3.05, 3.63) is 30.1 Å². The van der Waals surface area contributed by atoms with Crippen LogP contribution in [-0.2, 0) is 0 Å². The zero-order valence-electron chi connectivity index (χ0n) is 6.70. The summed E-state index contributed by atoms with van der Waals surface area (Å²) < 4.78 is 0. The van der Waals surface area contributed by atoms with Crippen molar-refractivity contribution in [1.82, 2.24) is 4.98 Å². The van der Waals surface area contributed by atoms with Gasteiger partial charge in [0.25, 0.3) is 0 Å². The molecule has 0 spiro atoms. The Morgan fingerprint density at radius 1 is 1.55 bits per heavy atom. The van der Waals surface area contributed by atoms with Crippen LogP contribution in [0.5, 0.6) is 0 Å². The Labute approximate surface area is 67.0 Å². The molecule has 0 aliphatic heterocycles. The fourth-order valence-electron chi connectivity index (χ4n) is 0.740. The second kappa shape index (κ2) is 4.61. The smallest absolute Gasteiger partial charge is 0.0807 e. The van der Waals surface area contributed by atoms with Gasteiger partial charge in [-0.05, 0) is 18.6 Å². The lowest BCUT2D eigenvalue weighted by molar-refractivity contribution is 0.936. The molecule has 0 N–H and O–H groups in total. The highest BCUT2D eigenvalue weighted by Gasteiger charge is 1.82. The average molecular weight is 148 g/mol. The molecule has 1 rings (SSSR count). The van der Waals surface area contributed by atoms with Gasteiger partial charge in [0, 0.05) is 19.0 Å². The molecule has 0 fully saturated rings. The van der Waals surface area contributed by atoms with Crippen LogP contribution in [0.2, 0.25) is 0 Å². The van der Waals surface area contributed by atoms with Gasteiger partial charge >= 0.3 is 0 Å². The van der Waals surface area contributed by atoms with E-state index in [1.807, 2.05) is 24.4 Å². The topological polar surface area (TPSA) is 25.2 Å². The summed E-state index contributed by atoms with van der Waals surface area (Å²) >= 11 is 0. The molecule has 0 aromatic carbocycles. The molecule has 0 saturated heterocycles. The van der Waals surface area contributed by atoms with E-state index in [2.05, 4.69) is 16.9 Å². The first-order valence-corrected chi connectivity index (χ1v) is 3.84. The highest BCUT2D eigenvalue weighted by molar-refractivity contribution is 5.76. The van der Waals surface area contributed by atoms with E-state index in [1.54, 1.807) is 6.20 Å². The summed E-state index contributed by atoms with van der Waals surface area (Å²) in [5.41, 5.74) is 0.931. The number of nitrogens with zero attached hydrogens (tertiary/aromatic N) is 2. The highest BCUT2D eigenvalue weighted by atomic mass is 14.7. The van der Waals surface area contributed by atoms with E-state index in [-0.39, 0.29) is 0 Å². The maximum Gasteiger partial charge on any atom is 0.0807 e. The summed E-state index contributed by atoms with van der Waals surface area (Å²) in [4.78, 5) is 8.27. The van der Waals surface area contributed by atoms with Gasteiger partial charge in [0.15, 0.2) is 0 Å². The van der Waals surface area contributed by atoms with E-state index >= 15 is 0 Å². The molecule has 58 valence electrons. The van der Waals surface area contributed by atoms with Crippen molar-refractivity contribution in [2.24, 2.45) is 4.99 Å². The molecule has 0 radical (unpaired) electrons. The summed E-state index contributed by atoms with van der Waals surface area (Å²) in [6, 6.07) is 5.80. The number of pyridine rings is 1. The average Bonchev–Trinajstić information content (AvgIpc) is 2.07. The van der Waals surface area contributed by atoms with Gasteiger partial charge in [0.2, 0.25) is 0 Å². The lowest BCUT2D eigenvalue weighted by Gasteiger charge is -1.88. The van der Waals surface area contributed by atoms with E-state index in [1.165, 1.54) is 0 Å². The molecule has 0 aliphatic carbocycles. The molecule has 0 atom stereocenters. The first-order valence-electron chi connectivity index (χ1n) is 3.84. The molecule has 1 heterocycles. The number of aromatic nitrogens is 1. The van der Waals surface area contributed by atoms with Crippen molar-refractivity contribution in [1.29, 1.82) is 0 Å². The number of aliphatic imine (C=N–C) groups is 1. The SMILES string of the molecule is CCC/N=C/c1ccccn1. The summed E-state index contributed by atoms with van der Waals surface area (Å²) in [5.74, 6) is 0. The van der Waals surface area contributed by atoms with Crippen LogP contribution in [0, 0.1) is 0 Å². The van der Waals surface area contributed by atoms with Crippen LogP contribution >= 0.6 is 0 Å². The normalized spacial score (nSPS) is 10.6. The Hall–Kier alpha value is -1.18. The Kier molecular flexibility index (Phi) is 3.32. The van der Waals surface area contributed by atoms with Crippen LogP contribution in [0.3, 0.4) is 0 Å². The van der Waals surface area contributed by atoms with Crippen molar-refractivity contribution in [2.45, 2.75) is 13.3 Å². The van der Waals surface area contributed by atoms with Gasteiger partial charge in [0.1, 0.15) is 0 Å². The fraction of sp³-hybridized carbons (Fsp3) is 0.333. The minimum Gasteiger partial charge on any atom is -0.291 e. The predicted molar refractivity (Wildman–Crippen MR) is 47.0 cm³/mol. The third-order valence-corrected chi connectivity index (χ3v) is 1.26. The Morgan fingerprint density at radius 2 is 2.45 bits per heavy atom. The van der Waals surface area contributed by atoms with E-state index in [4.69, 9.17) is 0 Å². The summed E-state index contributed by atoms with van der Waals surface area (Å²) in [6.07, 6.45) is 4.67. The number of rotatable bonds is 3. The fourth-order valence-corrected chi connectivity index (χ4v) is 0.740. The third kappa shape index (κ3) is 2.94. The van der Waals surface area contributed by atoms with Crippen LogP contribution < -0.4 is 0 Å². The lowest BCUT2D eigenvalue weighted by Crippen LogP contribution is -1.86. The molecule has 2 nitrogen and oxygen atoms in total. The molecule has 0 bridgehead atoms. The summed E-state index contributed by atoms with van der Waals surface area (Å²) in [7, 11) is 0. The molecule has 11 heavy (non-hydrogen) atoms. The summed E-state index contributed by atoms with van der Waals surface area (Å²) in [5, 5.41) is 0. The first kappa shape index (κ1) is 7.92. The maximum atomic E-state index is 4.17. The monoisotopic (exact) mass is 148 g/mol. The van der Waals surface area contributed by atoms with Gasteiger partial charge in [0.05, 0.1) is 5.69 Å². The zero-order valence-corrected chi connectivity index (χ0v) is 6.70. The Morgan fingerprint density at radius 3 is 3.09 bits per heavy atom. The van der Waals surface area contributed by atoms with E-state index in [9.17, 15) is 0 Å². The van der Waals surface area contributed by atoms with Crippen LogP contribution in [0.1, 0.15) is 19.0 Å². The van der Waals surface area contributed by atoms with Gasteiger partial charge in [-0.25, -0.2) is 0 Å². The summed E-state index contributed by atoms with van der Waals surface area (Å²) in [6.45, 7) is 2.99. The molecule has 0 saturated carbocycles. The van der Waals surface area contributed by atoms with E-state index in [0.717, 1.165) is 18.7 Å². The molecule has 0 amide bonds. The third-order valence-electron chi connectivity index (χ3n) is 1.26. The number of hydrogen-bond acceptors (Lipinski definition) is 2. The van der Waals surface area contributed by atoms with Crippen molar-refractivity contribution >= 4 is 6.21 Å². The standard InChI is InChI=1S/C9H12N2/c1-2-6-10-8-9-5-3-4-7-11-9/h3-5,7-8H,2,6H2,1H3/b10-8+. The maximum absolute atomic E-state index is 4.17. The van der Waals surface area contributed by atoms with Gasteiger partial charge < -0.3 is 0 Å². The quantitative estimate of drug-likeness (QED) is 0.601. The number of hydrogen-bond donors (Lipinski definition) is 0. The van der Waals surface area contributed by atoms with E-state index < -0.39 is 0 Å². The van der Waals surface area contributed by atoms with Crippen molar-refractivity contribution in [2.75, 3.05) is 6.54 Å². The minimum absolute atomic E-state index is 0.885. The van der Waals surface area contributed by atoms with Gasteiger partial charge in [-0.15, -0.1) is 0 Å². The van der Waals surface area contributed by atoms with Crippen molar-refractivity contribution in [3.63, 3.8) is 0 Å². The van der Waals surface area contributed by atoms with Crippen LogP contribution in [0.4, 0.5) is 0 Å². The van der Waals surface area contributed by atoms with Gasteiger partial charge in [-0.2, -0.15) is 0 Å². The molecule has 2 heteroatoms. The lowest BCUT2D eigenvalue weighted by atomic mass is 10.4. The van der Waals surface area contributed by atoms with Crippen molar-refractivity contribution < 1.29 is 0 Å². The molecular formula is C9H12N2. The second-order valence-corrected chi connectivity index (χ2v) is 2.29. The Bertz CT molecular complexity index is 216. The predicted octanol–water partition coefficient (Wildman–Crippen LogP) is 1.91. The minimum atomic E-state index is 0.885. The van der Waals surface area contributed by atoms with Crippen LogP contribution in [0.25, 0.3) is 0 Å². The van der Waals surface area contributed by atoms with Gasteiger partial charge in [-0.3, -0.25) is 9.98 Å². The molecule has 0 aliphatic rings. The molecule has 1 aromatic heterocycles. The largest absolute Gasteiger partial charge is 0.291 e. The molecular weight excluding hydrogens is 136 g/mol. The van der Waals surface area contributed by atoms with Crippen LogP contribution in [0.15, 0.2) is 29.4 Å². The first-order chi connectivity index (χ1) is 5.43. The molecule has 0 unspecified atom stereocenters. The zero-order chi connectivity index (χ0) is 7.94. The van der Waals surface area contributed by atoms with Gasteiger partial charge in [-0.1, -0.05) is 13.0 Å². The molecule has 1 aromatic rings. The highest BCUT2D eigenvalue weighted by Crippen LogP contribution is 1.88. The van der Waals surface area contributed by atoms with E-state index in [0.29, 0.717) is 0 Å². The second-order valence-electron chi connectivity index (χ2n) is 2.29.